The minimum Gasteiger partial charge on any atom is -0.508 e. The van der Waals surface area contributed by atoms with Gasteiger partial charge in [0, 0.05) is 16.7 Å². The van der Waals surface area contributed by atoms with Crippen LogP contribution < -0.4 is 0 Å². The van der Waals surface area contributed by atoms with Gasteiger partial charge in [0.25, 0.3) is 0 Å². The largest absolute Gasteiger partial charge is 0.508 e. The number of H-pyrrole nitrogens is 1. The van der Waals surface area contributed by atoms with E-state index in [0.29, 0.717) is 0 Å². The highest BCUT2D eigenvalue weighted by Crippen LogP contribution is 2.30. The van der Waals surface area contributed by atoms with E-state index in [2.05, 4.69) is 10.2 Å². The van der Waals surface area contributed by atoms with Gasteiger partial charge in [-0.05, 0) is 55.5 Å². The number of aromatic hydroxyl groups is 2. The molecule has 0 saturated heterocycles. The molecule has 4 nitrogen and oxygen atoms in total. The van der Waals surface area contributed by atoms with Crippen LogP contribution in [0.5, 0.6) is 11.5 Å². The van der Waals surface area contributed by atoms with Crippen LogP contribution in [-0.2, 0) is 0 Å². The molecule has 3 rings (SSSR count). The van der Waals surface area contributed by atoms with Crippen molar-refractivity contribution >= 4 is 0 Å². The van der Waals surface area contributed by atoms with E-state index in [9.17, 15) is 10.2 Å². The fraction of sp³-hybridized carbons (Fsp3) is 0.0625. The number of hydrogen-bond donors (Lipinski definition) is 3. The average molecular weight is 266 g/mol. The van der Waals surface area contributed by atoms with Crippen molar-refractivity contribution in [2.75, 3.05) is 0 Å². The third-order valence-corrected chi connectivity index (χ3v) is 3.31. The summed E-state index contributed by atoms with van der Waals surface area (Å²) in [7, 11) is 0. The summed E-state index contributed by atoms with van der Waals surface area (Å²) in [6, 6.07) is 13.9. The van der Waals surface area contributed by atoms with Crippen LogP contribution >= 0.6 is 0 Å². The van der Waals surface area contributed by atoms with Crippen LogP contribution in [0.4, 0.5) is 0 Å². The molecular weight excluding hydrogens is 252 g/mol. The maximum absolute atomic E-state index is 9.33. The lowest BCUT2D eigenvalue weighted by Crippen LogP contribution is -1.82. The summed E-state index contributed by atoms with van der Waals surface area (Å²) in [6.45, 7) is 1.99. The number of phenolic OH excluding ortho intramolecular Hbond substituents is 2. The summed E-state index contributed by atoms with van der Waals surface area (Å²) in [6.07, 6.45) is 0. The summed E-state index contributed by atoms with van der Waals surface area (Å²) < 4.78 is 0. The van der Waals surface area contributed by atoms with E-state index in [4.69, 9.17) is 0 Å². The monoisotopic (exact) mass is 266 g/mol. The lowest BCUT2D eigenvalue weighted by molar-refractivity contribution is 0.475. The van der Waals surface area contributed by atoms with Crippen LogP contribution in [0.3, 0.4) is 0 Å². The van der Waals surface area contributed by atoms with Gasteiger partial charge in [0.2, 0.25) is 0 Å². The Morgan fingerprint density at radius 3 is 1.85 bits per heavy atom. The van der Waals surface area contributed by atoms with Gasteiger partial charge in [-0.25, -0.2) is 0 Å². The number of rotatable bonds is 2. The summed E-state index contributed by atoms with van der Waals surface area (Å²) in [5, 5.41) is 26.0. The molecule has 0 unspecified atom stereocenters. The first kappa shape index (κ1) is 12.3. The number of benzene rings is 2. The Bertz CT molecular complexity index is 665. The number of nitrogens with zero attached hydrogens (tertiary/aromatic N) is 1. The molecule has 0 saturated carbocycles. The summed E-state index contributed by atoms with van der Waals surface area (Å²) in [5.41, 5.74) is 4.72. The van der Waals surface area contributed by atoms with Crippen LogP contribution in [0.2, 0.25) is 0 Å². The maximum atomic E-state index is 9.33. The predicted octanol–water partition coefficient (Wildman–Crippen LogP) is 3.46. The maximum Gasteiger partial charge on any atom is 0.115 e. The molecule has 0 aliphatic heterocycles. The Kier molecular flexibility index (Phi) is 2.91. The summed E-state index contributed by atoms with van der Waals surface area (Å²) in [4.78, 5) is 0. The highest BCUT2D eigenvalue weighted by atomic mass is 16.3. The predicted molar refractivity (Wildman–Crippen MR) is 77.5 cm³/mol. The first-order chi connectivity index (χ1) is 9.65. The molecule has 1 heterocycles. The van der Waals surface area contributed by atoms with E-state index >= 15 is 0 Å². The fourth-order valence-corrected chi connectivity index (χ4v) is 2.21. The Hall–Kier alpha value is -2.75. The quantitative estimate of drug-likeness (QED) is 0.665. The minimum absolute atomic E-state index is 0.237. The molecule has 0 amide bonds. The topological polar surface area (TPSA) is 69.1 Å². The van der Waals surface area contributed by atoms with E-state index in [1.165, 1.54) is 0 Å². The van der Waals surface area contributed by atoms with Crippen molar-refractivity contribution in [3.05, 3.63) is 54.1 Å². The molecular formula is C16H14N2O2. The van der Waals surface area contributed by atoms with Crippen LogP contribution in [0.15, 0.2) is 48.5 Å². The summed E-state index contributed by atoms with van der Waals surface area (Å²) >= 11 is 0. The number of hydrogen-bond acceptors (Lipinski definition) is 3. The van der Waals surface area contributed by atoms with E-state index < -0.39 is 0 Å². The van der Waals surface area contributed by atoms with Crippen molar-refractivity contribution in [3.8, 4) is 34.0 Å². The fourth-order valence-electron chi connectivity index (χ4n) is 2.21. The molecule has 0 fully saturated rings. The molecule has 0 spiro atoms. The van der Waals surface area contributed by atoms with Gasteiger partial charge in [0.05, 0.1) is 11.4 Å². The van der Waals surface area contributed by atoms with E-state index in [1.807, 2.05) is 31.2 Å². The van der Waals surface area contributed by atoms with Gasteiger partial charge in [0.15, 0.2) is 0 Å². The van der Waals surface area contributed by atoms with Crippen molar-refractivity contribution < 1.29 is 10.2 Å². The molecule has 1 aromatic heterocycles. The molecule has 0 aliphatic rings. The van der Waals surface area contributed by atoms with E-state index in [0.717, 1.165) is 28.1 Å². The Morgan fingerprint density at radius 2 is 1.30 bits per heavy atom. The molecule has 0 radical (unpaired) electrons. The van der Waals surface area contributed by atoms with Gasteiger partial charge in [-0.15, -0.1) is 0 Å². The van der Waals surface area contributed by atoms with Crippen LogP contribution in [-0.4, -0.2) is 20.4 Å². The molecule has 0 aliphatic carbocycles. The minimum atomic E-state index is 0.237. The number of aromatic amines is 1. The molecule has 0 atom stereocenters. The first-order valence-corrected chi connectivity index (χ1v) is 6.29. The Labute approximate surface area is 116 Å². The van der Waals surface area contributed by atoms with Crippen LogP contribution in [0, 0.1) is 6.92 Å². The van der Waals surface area contributed by atoms with Crippen LogP contribution in [0.1, 0.15) is 5.56 Å². The van der Waals surface area contributed by atoms with Gasteiger partial charge < -0.3 is 10.2 Å². The second-order valence-corrected chi connectivity index (χ2v) is 4.67. The zero-order valence-corrected chi connectivity index (χ0v) is 11.0. The van der Waals surface area contributed by atoms with Crippen molar-refractivity contribution in [3.63, 3.8) is 0 Å². The molecule has 2 aromatic carbocycles. The van der Waals surface area contributed by atoms with Crippen LogP contribution in [0.25, 0.3) is 22.5 Å². The lowest BCUT2D eigenvalue weighted by Gasteiger charge is -2.02. The molecule has 3 N–H and O–H groups in total. The van der Waals surface area contributed by atoms with Gasteiger partial charge in [0.1, 0.15) is 11.5 Å². The highest BCUT2D eigenvalue weighted by molar-refractivity contribution is 5.74. The van der Waals surface area contributed by atoms with Crippen molar-refractivity contribution in [2.24, 2.45) is 0 Å². The molecule has 3 aromatic rings. The SMILES string of the molecule is Cc1c(-c2ccc(O)cc2)n[nH]c1-c1ccc(O)cc1. The Balaban J connectivity index is 2.04. The first-order valence-electron chi connectivity index (χ1n) is 6.29. The van der Waals surface area contributed by atoms with E-state index in [1.54, 1.807) is 24.3 Å². The van der Waals surface area contributed by atoms with Crippen molar-refractivity contribution in [1.82, 2.24) is 10.2 Å². The zero-order valence-electron chi connectivity index (χ0n) is 11.0. The average Bonchev–Trinajstić information content (AvgIpc) is 2.83. The molecule has 100 valence electrons. The third-order valence-electron chi connectivity index (χ3n) is 3.31. The molecule has 20 heavy (non-hydrogen) atoms. The van der Waals surface area contributed by atoms with Crippen molar-refractivity contribution in [2.45, 2.75) is 6.92 Å². The number of aromatic nitrogens is 2. The van der Waals surface area contributed by atoms with Gasteiger partial charge in [-0.2, -0.15) is 5.10 Å². The van der Waals surface area contributed by atoms with Gasteiger partial charge in [-0.3, -0.25) is 5.10 Å². The standard InChI is InChI=1S/C16H14N2O2/c1-10-15(11-2-6-13(19)7-3-11)17-18-16(10)12-4-8-14(20)9-5-12/h2-9,19-20H,1H3,(H,17,18). The van der Waals surface area contributed by atoms with Crippen molar-refractivity contribution in [1.29, 1.82) is 0 Å². The second-order valence-electron chi connectivity index (χ2n) is 4.67. The number of phenols is 2. The zero-order chi connectivity index (χ0) is 14.1. The van der Waals surface area contributed by atoms with Gasteiger partial charge in [-0.1, -0.05) is 0 Å². The van der Waals surface area contributed by atoms with Gasteiger partial charge >= 0.3 is 0 Å². The molecule has 0 bridgehead atoms. The lowest BCUT2D eigenvalue weighted by atomic mass is 10.0. The Morgan fingerprint density at radius 1 is 0.800 bits per heavy atom. The highest BCUT2D eigenvalue weighted by Gasteiger charge is 2.12. The normalized spacial score (nSPS) is 10.7. The third kappa shape index (κ3) is 2.12. The molecule has 4 heteroatoms. The van der Waals surface area contributed by atoms with E-state index in [-0.39, 0.29) is 11.5 Å². The number of nitrogens with one attached hydrogen (secondary N) is 1. The summed E-state index contributed by atoms with van der Waals surface area (Å²) in [5.74, 6) is 0.477. The second kappa shape index (κ2) is 4.74. The smallest absolute Gasteiger partial charge is 0.115 e.